The molecule has 0 aliphatic heterocycles. The highest BCUT2D eigenvalue weighted by atomic mass is 19.1. The number of benzene rings is 1. The number of rotatable bonds is 4. The smallest absolute Gasteiger partial charge is 0.125 e. The Hall–Kier alpha value is -2.53. The molecule has 0 saturated carbocycles. The molecule has 0 bridgehead atoms. The molecule has 0 saturated heterocycles. The van der Waals surface area contributed by atoms with Crippen molar-refractivity contribution in [1.82, 2.24) is 20.1 Å². The van der Waals surface area contributed by atoms with Crippen LogP contribution in [0.25, 0.3) is 5.69 Å². The van der Waals surface area contributed by atoms with Crippen LogP contribution in [0.5, 0.6) is 0 Å². The number of halogens is 1. The van der Waals surface area contributed by atoms with Crippen molar-refractivity contribution < 1.29 is 4.39 Å². The maximum atomic E-state index is 13.7. The van der Waals surface area contributed by atoms with E-state index in [0.717, 1.165) is 36.3 Å². The van der Waals surface area contributed by atoms with Crippen LogP contribution < -0.4 is 5.32 Å². The molecule has 0 amide bonds. The van der Waals surface area contributed by atoms with E-state index in [2.05, 4.69) is 35.3 Å². The highest BCUT2D eigenvalue weighted by molar-refractivity contribution is 5.38. The second-order valence-corrected chi connectivity index (χ2v) is 7.78. The molecule has 1 unspecified atom stereocenters. The van der Waals surface area contributed by atoms with Crippen molar-refractivity contribution in [2.24, 2.45) is 5.41 Å². The lowest BCUT2D eigenvalue weighted by molar-refractivity contribution is 0.252. The van der Waals surface area contributed by atoms with Crippen molar-refractivity contribution in [3.63, 3.8) is 0 Å². The van der Waals surface area contributed by atoms with Crippen LogP contribution in [0.2, 0.25) is 0 Å². The molecular formula is C21H23FN4. The van der Waals surface area contributed by atoms with E-state index >= 15 is 0 Å². The average molecular weight is 350 g/mol. The second kappa shape index (κ2) is 6.65. The topological polar surface area (TPSA) is 42.7 Å². The molecule has 0 spiro atoms. The number of pyridine rings is 1. The first-order valence-corrected chi connectivity index (χ1v) is 8.97. The molecule has 4 rings (SSSR count). The van der Waals surface area contributed by atoms with Crippen molar-refractivity contribution in [3.8, 4) is 5.69 Å². The molecule has 26 heavy (non-hydrogen) atoms. The summed E-state index contributed by atoms with van der Waals surface area (Å²) in [4.78, 5) is 4.18. The minimum Gasteiger partial charge on any atom is -0.306 e. The number of nitrogens with one attached hydrogen (secondary N) is 1. The molecule has 1 atom stereocenters. The second-order valence-electron chi connectivity index (χ2n) is 7.78. The van der Waals surface area contributed by atoms with Gasteiger partial charge in [0, 0.05) is 36.2 Å². The van der Waals surface area contributed by atoms with Crippen molar-refractivity contribution in [1.29, 1.82) is 0 Å². The van der Waals surface area contributed by atoms with Gasteiger partial charge in [0.15, 0.2) is 0 Å². The summed E-state index contributed by atoms with van der Waals surface area (Å²) in [5.74, 6) is -0.243. The van der Waals surface area contributed by atoms with E-state index in [1.807, 2.05) is 29.2 Å². The van der Waals surface area contributed by atoms with E-state index in [-0.39, 0.29) is 17.3 Å². The predicted molar refractivity (Wildman–Crippen MR) is 99.4 cm³/mol. The Morgan fingerprint density at radius 1 is 1.23 bits per heavy atom. The quantitative estimate of drug-likeness (QED) is 0.766. The van der Waals surface area contributed by atoms with Gasteiger partial charge in [-0.15, -0.1) is 0 Å². The summed E-state index contributed by atoms with van der Waals surface area (Å²) >= 11 is 0. The summed E-state index contributed by atoms with van der Waals surface area (Å²) in [7, 11) is 0. The monoisotopic (exact) mass is 350 g/mol. The summed E-state index contributed by atoms with van der Waals surface area (Å²) < 4.78 is 15.6. The van der Waals surface area contributed by atoms with Gasteiger partial charge in [0.1, 0.15) is 5.82 Å². The molecule has 134 valence electrons. The molecule has 1 aliphatic rings. The van der Waals surface area contributed by atoms with Crippen LogP contribution in [0.15, 0.2) is 55.0 Å². The fourth-order valence-corrected chi connectivity index (χ4v) is 3.80. The summed E-state index contributed by atoms with van der Waals surface area (Å²) in [5.41, 5.74) is 4.45. The van der Waals surface area contributed by atoms with Crippen LogP contribution in [0.1, 0.15) is 43.1 Å². The number of aromatic nitrogens is 3. The lowest BCUT2D eigenvalue weighted by atomic mass is 9.74. The SMILES string of the molecule is CC1(C)Cc2c(cnn2-c2cccc(F)c2)C(NCc2cccnc2)C1. The van der Waals surface area contributed by atoms with Crippen LogP contribution >= 0.6 is 0 Å². The third-order valence-electron chi connectivity index (χ3n) is 5.01. The molecule has 1 N–H and O–H groups in total. The minimum atomic E-state index is -0.243. The lowest BCUT2D eigenvalue weighted by Crippen LogP contribution is -2.33. The summed E-state index contributed by atoms with van der Waals surface area (Å²) in [6.07, 6.45) is 7.56. The average Bonchev–Trinajstić information content (AvgIpc) is 3.03. The van der Waals surface area contributed by atoms with E-state index in [4.69, 9.17) is 0 Å². The molecule has 0 radical (unpaired) electrons. The van der Waals surface area contributed by atoms with Gasteiger partial charge in [-0.05, 0) is 48.1 Å². The first-order chi connectivity index (χ1) is 12.5. The number of fused-ring (bicyclic) bond motifs is 1. The number of hydrogen-bond donors (Lipinski definition) is 1. The number of hydrogen-bond acceptors (Lipinski definition) is 3. The lowest BCUT2D eigenvalue weighted by Gasteiger charge is -2.36. The van der Waals surface area contributed by atoms with Gasteiger partial charge >= 0.3 is 0 Å². The standard InChI is InChI=1S/C21H23FN4/c1-21(2)10-19(24-13-15-5-4-8-23-12-15)18-14-25-26(20(18)11-21)17-7-3-6-16(22)9-17/h3-9,12,14,19,24H,10-11,13H2,1-2H3. The molecular weight excluding hydrogens is 327 g/mol. The van der Waals surface area contributed by atoms with Crippen LogP contribution in [-0.4, -0.2) is 14.8 Å². The van der Waals surface area contributed by atoms with E-state index in [0.29, 0.717) is 0 Å². The highest BCUT2D eigenvalue weighted by Gasteiger charge is 2.35. The third kappa shape index (κ3) is 3.40. The van der Waals surface area contributed by atoms with E-state index in [1.54, 1.807) is 12.3 Å². The van der Waals surface area contributed by atoms with E-state index in [1.165, 1.54) is 17.7 Å². The van der Waals surface area contributed by atoms with Gasteiger partial charge in [-0.3, -0.25) is 4.98 Å². The highest BCUT2D eigenvalue weighted by Crippen LogP contribution is 2.41. The fraction of sp³-hybridized carbons (Fsp3) is 0.333. The largest absolute Gasteiger partial charge is 0.306 e. The zero-order chi connectivity index (χ0) is 18.1. The zero-order valence-electron chi connectivity index (χ0n) is 15.1. The fourth-order valence-electron chi connectivity index (χ4n) is 3.80. The summed E-state index contributed by atoms with van der Waals surface area (Å²) in [6.45, 7) is 5.31. The van der Waals surface area contributed by atoms with E-state index < -0.39 is 0 Å². The normalized spacial score (nSPS) is 18.5. The molecule has 4 nitrogen and oxygen atoms in total. The van der Waals surface area contributed by atoms with Gasteiger partial charge in [0.2, 0.25) is 0 Å². The van der Waals surface area contributed by atoms with Crippen molar-refractivity contribution in [2.45, 2.75) is 39.3 Å². The zero-order valence-corrected chi connectivity index (χ0v) is 15.1. The van der Waals surface area contributed by atoms with Gasteiger partial charge in [0.05, 0.1) is 11.9 Å². The van der Waals surface area contributed by atoms with E-state index in [9.17, 15) is 4.39 Å². The Morgan fingerprint density at radius 2 is 2.12 bits per heavy atom. The Morgan fingerprint density at radius 3 is 2.88 bits per heavy atom. The molecule has 3 aromatic rings. The molecule has 5 heteroatoms. The van der Waals surface area contributed by atoms with Crippen LogP contribution in [0.4, 0.5) is 4.39 Å². The first kappa shape index (κ1) is 16.9. The van der Waals surface area contributed by atoms with Crippen molar-refractivity contribution in [3.05, 3.63) is 77.6 Å². The Kier molecular flexibility index (Phi) is 4.32. The molecule has 0 fully saturated rings. The van der Waals surface area contributed by atoms with Crippen molar-refractivity contribution in [2.75, 3.05) is 0 Å². The van der Waals surface area contributed by atoms with Crippen LogP contribution in [0, 0.1) is 11.2 Å². The van der Waals surface area contributed by atoms with Crippen molar-refractivity contribution >= 4 is 0 Å². The third-order valence-corrected chi connectivity index (χ3v) is 5.01. The molecule has 1 aromatic carbocycles. The van der Waals surface area contributed by atoms with Gasteiger partial charge in [-0.1, -0.05) is 26.0 Å². The van der Waals surface area contributed by atoms with Gasteiger partial charge in [0.25, 0.3) is 0 Å². The van der Waals surface area contributed by atoms with Gasteiger partial charge in [-0.25, -0.2) is 9.07 Å². The molecule has 1 aliphatic carbocycles. The Labute approximate surface area is 153 Å². The maximum absolute atomic E-state index is 13.7. The summed E-state index contributed by atoms with van der Waals surface area (Å²) in [5, 5.41) is 8.24. The molecule has 2 aromatic heterocycles. The molecule has 2 heterocycles. The predicted octanol–water partition coefficient (Wildman–Crippen LogP) is 4.21. The minimum absolute atomic E-state index is 0.144. The maximum Gasteiger partial charge on any atom is 0.125 e. The Bertz CT molecular complexity index is 901. The Balaban J connectivity index is 1.65. The van der Waals surface area contributed by atoms with Gasteiger partial charge in [-0.2, -0.15) is 5.10 Å². The van der Waals surface area contributed by atoms with Crippen LogP contribution in [0.3, 0.4) is 0 Å². The van der Waals surface area contributed by atoms with Crippen LogP contribution in [-0.2, 0) is 13.0 Å². The summed E-state index contributed by atoms with van der Waals surface area (Å²) in [6, 6.07) is 10.9. The first-order valence-electron chi connectivity index (χ1n) is 8.97. The number of nitrogens with zero attached hydrogens (tertiary/aromatic N) is 3. The van der Waals surface area contributed by atoms with Gasteiger partial charge < -0.3 is 5.32 Å².